The third-order valence-electron chi connectivity index (χ3n) is 2.90. The Bertz CT molecular complexity index is 235. The third-order valence-corrected chi connectivity index (χ3v) is 2.90. The normalized spacial score (nSPS) is 16.2. The second-order valence-corrected chi connectivity index (χ2v) is 4.28. The number of amides is 1. The molecule has 1 heterocycles. The highest BCUT2D eigenvalue weighted by Gasteiger charge is 2.22. The number of unbranched alkanes of at least 4 members (excludes halogenated alkanes) is 3. The van der Waals surface area contributed by atoms with E-state index >= 15 is 0 Å². The number of hydrogen-bond acceptors (Lipinski definition) is 3. The minimum Gasteiger partial charge on any atom is -0.334 e. The lowest BCUT2D eigenvalue weighted by Gasteiger charge is -2.26. The van der Waals surface area contributed by atoms with Gasteiger partial charge in [-0.2, -0.15) is 0 Å². The molecule has 0 saturated carbocycles. The first-order valence-corrected chi connectivity index (χ1v) is 6.28. The summed E-state index contributed by atoms with van der Waals surface area (Å²) in [6.45, 7) is 5.07. The Labute approximate surface area is 97.4 Å². The van der Waals surface area contributed by atoms with Crippen molar-refractivity contribution in [2.24, 2.45) is 0 Å². The number of carbonyl (C=O) groups excluding carboxylic acids is 2. The molecule has 4 heteroatoms. The highest BCUT2D eigenvalue weighted by Crippen LogP contribution is 2.05. The molecule has 0 atom stereocenters. The highest BCUT2D eigenvalue weighted by atomic mass is 16.2. The van der Waals surface area contributed by atoms with Crippen LogP contribution in [0, 0.1) is 0 Å². The minimum absolute atomic E-state index is 0.210. The summed E-state index contributed by atoms with van der Waals surface area (Å²) in [4.78, 5) is 25.0. The lowest BCUT2D eigenvalue weighted by atomic mass is 10.1. The van der Waals surface area contributed by atoms with Gasteiger partial charge in [0.25, 0.3) is 5.91 Å². The molecule has 1 fully saturated rings. The van der Waals surface area contributed by atoms with Crippen molar-refractivity contribution in [3.05, 3.63) is 0 Å². The van der Waals surface area contributed by atoms with Crippen molar-refractivity contribution in [2.75, 3.05) is 26.2 Å². The molecule has 0 unspecified atom stereocenters. The van der Waals surface area contributed by atoms with Crippen molar-refractivity contribution < 1.29 is 9.59 Å². The number of nitrogens with zero attached hydrogens (tertiary/aromatic N) is 1. The number of hydrogen-bond donors (Lipinski definition) is 1. The van der Waals surface area contributed by atoms with Crippen LogP contribution in [-0.4, -0.2) is 42.8 Å². The van der Waals surface area contributed by atoms with Gasteiger partial charge in [-0.1, -0.05) is 26.2 Å². The summed E-state index contributed by atoms with van der Waals surface area (Å²) in [7, 11) is 0. The molecule has 0 radical (unpaired) electrons. The molecule has 0 spiro atoms. The van der Waals surface area contributed by atoms with Crippen LogP contribution >= 0.6 is 0 Å². The Balaban J connectivity index is 2.21. The topological polar surface area (TPSA) is 49.4 Å². The largest absolute Gasteiger partial charge is 0.334 e. The zero-order valence-electron chi connectivity index (χ0n) is 10.1. The van der Waals surface area contributed by atoms with Crippen LogP contribution in [0.2, 0.25) is 0 Å². The smallest absolute Gasteiger partial charge is 0.290 e. The molecular formula is C12H22N2O2. The van der Waals surface area contributed by atoms with E-state index in [0.29, 0.717) is 19.5 Å². The van der Waals surface area contributed by atoms with Crippen molar-refractivity contribution in [2.45, 2.75) is 39.0 Å². The van der Waals surface area contributed by atoms with Crippen molar-refractivity contribution >= 4 is 11.7 Å². The fourth-order valence-electron chi connectivity index (χ4n) is 1.86. The van der Waals surface area contributed by atoms with Crippen molar-refractivity contribution in [3.63, 3.8) is 0 Å². The van der Waals surface area contributed by atoms with Crippen LogP contribution in [-0.2, 0) is 9.59 Å². The first kappa shape index (κ1) is 13.2. The van der Waals surface area contributed by atoms with Crippen LogP contribution in [0.1, 0.15) is 39.0 Å². The van der Waals surface area contributed by atoms with Gasteiger partial charge >= 0.3 is 0 Å². The summed E-state index contributed by atoms with van der Waals surface area (Å²) < 4.78 is 0. The molecule has 1 aliphatic rings. The highest BCUT2D eigenvalue weighted by molar-refractivity contribution is 6.36. The molecule has 0 aromatic rings. The van der Waals surface area contributed by atoms with E-state index in [4.69, 9.17) is 0 Å². The van der Waals surface area contributed by atoms with Crippen molar-refractivity contribution in [1.29, 1.82) is 0 Å². The maximum Gasteiger partial charge on any atom is 0.290 e. The van der Waals surface area contributed by atoms with Crippen LogP contribution in [0.15, 0.2) is 0 Å². The predicted molar refractivity (Wildman–Crippen MR) is 63.2 cm³/mol. The Kier molecular flexibility index (Phi) is 6.08. The molecule has 1 amide bonds. The maximum absolute atomic E-state index is 11.7. The molecule has 16 heavy (non-hydrogen) atoms. The van der Waals surface area contributed by atoms with Gasteiger partial charge in [-0.25, -0.2) is 0 Å². The summed E-state index contributed by atoms with van der Waals surface area (Å²) in [6.07, 6.45) is 4.62. The first-order chi connectivity index (χ1) is 7.75. The van der Waals surface area contributed by atoms with Gasteiger partial charge in [-0.15, -0.1) is 0 Å². The Morgan fingerprint density at radius 1 is 1.12 bits per heavy atom. The quantitative estimate of drug-likeness (QED) is 0.542. The van der Waals surface area contributed by atoms with Crippen LogP contribution in [0.4, 0.5) is 0 Å². The Morgan fingerprint density at radius 3 is 2.44 bits per heavy atom. The first-order valence-electron chi connectivity index (χ1n) is 6.28. The maximum atomic E-state index is 11.7. The number of nitrogens with one attached hydrogen (secondary N) is 1. The van der Waals surface area contributed by atoms with Crippen molar-refractivity contribution in [3.8, 4) is 0 Å². The van der Waals surface area contributed by atoms with E-state index in [1.807, 2.05) is 0 Å². The Hall–Kier alpha value is -0.900. The van der Waals surface area contributed by atoms with Gasteiger partial charge in [0.1, 0.15) is 0 Å². The number of Topliss-reactive ketones (excluding diaryl/α,β-unsaturated/α-hetero) is 1. The van der Waals surface area contributed by atoms with Crippen LogP contribution in [0.3, 0.4) is 0 Å². The minimum atomic E-state index is -0.280. The molecule has 92 valence electrons. The van der Waals surface area contributed by atoms with E-state index in [1.165, 1.54) is 0 Å². The predicted octanol–water partition coefficient (Wildman–Crippen LogP) is 0.958. The van der Waals surface area contributed by atoms with Crippen LogP contribution in [0.25, 0.3) is 0 Å². The standard InChI is InChI=1S/C12H22N2O2/c1-2-3-4-5-6-11(15)12(16)14-9-7-13-8-10-14/h13H,2-10H2,1H3. The fraction of sp³-hybridized carbons (Fsp3) is 0.833. The molecule has 1 saturated heterocycles. The Morgan fingerprint density at radius 2 is 1.81 bits per heavy atom. The van der Waals surface area contributed by atoms with E-state index in [1.54, 1.807) is 4.90 Å². The average Bonchev–Trinajstić information content (AvgIpc) is 2.34. The van der Waals surface area contributed by atoms with Gasteiger partial charge in [0.05, 0.1) is 0 Å². The van der Waals surface area contributed by atoms with Crippen LogP contribution in [0.5, 0.6) is 0 Å². The molecule has 0 bridgehead atoms. The van der Waals surface area contributed by atoms with E-state index in [9.17, 15) is 9.59 Å². The molecule has 0 aliphatic carbocycles. The molecule has 0 aromatic heterocycles. The second kappa shape index (κ2) is 7.39. The number of piperazine rings is 1. The molecule has 4 nitrogen and oxygen atoms in total. The number of rotatable bonds is 6. The summed E-state index contributed by atoms with van der Waals surface area (Å²) >= 11 is 0. The summed E-state index contributed by atoms with van der Waals surface area (Å²) in [5.41, 5.74) is 0. The van der Waals surface area contributed by atoms with Gasteiger partial charge in [0.2, 0.25) is 5.78 Å². The number of ketones is 1. The van der Waals surface area contributed by atoms with E-state index < -0.39 is 0 Å². The van der Waals surface area contributed by atoms with Gasteiger partial charge in [-0.3, -0.25) is 9.59 Å². The van der Waals surface area contributed by atoms with E-state index in [0.717, 1.165) is 38.8 Å². The van der Waals surface area contributed by atoms with Crippen LogP contribution < -0.4 is 5.32 Å². The van der Waals surface area contributed by atoms with Gasteiger partial charge < -0.3 is 10.2 Å². The van der Waals surface area contributed by atoms with E-state index in [2.05, 4.69) is 12.2 Å². The summed E-state index contributed by atoms with van der Waals surface area (Å²) in [5.74, 6) is -0.490. The fourth-order valence-corrected chi connectivity index (χ4v) is 1.86. The summed E-state index contributed by atoms with van der Waals surface area (Å²) in [5, 5.41) is 3.16. The molecule has 1 aliphatic heterocycles. The van der Waals surface area contributed by atoms with Gasteiger partial charge in [-0.05, 0) is 6.42 Å². The second-order valence-electron chi connectivity index (χ2n) is 4.28. The zero-order valence-corrected chi connectivity index (χ0v) is 10.1. The molecule has 1 N–H and O–H groups in total. The zero-order chi connectivity index (χ0) is 11.8. The number of carbonyl (C=O) groups is 2. The van der Waals surface area contributed by atoms with Crippen molar-refractivity contribution in [1.82, 2.24) is 10.2 Å². The molecule has 0 aromatic carbocycles. The summed E-state index contributed by atoms with van der Waals surface area (Å²) in [6, 6.07) is 0. The third kappa shape index (κ3) is 4.31. The molecular weight excluding hydrogens is 204 g/mol. The lowest BCUT2D eigenvalue weighted by molar-refractivity contribution is -0.145. The monoisotopic (exact) mass is 226 g/mol. The lowest BCUT2D eigenvalue weighted by Crippen LogP contribution is -2.48. The average molecular weight is 226 g/mol. The van der Waals surface area contributed by atoms with Gasteiger partial charge in [0.15, 0.2) is 0 Å². The van der Waals surface area contributed by atoms with Gasteiger partial charge in [0, 0.05) is 32.6 Å². The SMILES string of the molecule is CCCCCCC(=O)C(=O)N1CCNCC1. The van der Waals surface area contributed by atoms with E-state index in [-0.39, 0.29) is 11.7 Å². The molecule has 1 rings (SSSR count).